The van der Waals surface area contributed by atoms with Gasteiger partial charge in [0.25, 0.3) is 0 Å². The van der Waals surface area contributed by atoms with E-state index in [1.54, 1.807) is 19.2 Å². The quantitative estimate of drug-likeness (QED) is 0.645. The van der Waals surface area contributed by atoms with Crippen molar-refractivity contribution in [2.45, 2.75) is 11.9 Å². The van der Waals surface area contributed by atoms with Crippen LogP contribution in [0.5, 0.6) is 5.75 Å². The maximum absolute atomic E-state index is 12.2. The van der Waals surface area contributed by atoms with Gasteiger partial charge in [-0.3, -0.25) is 4.79 Å². The number of methoxy groups -OCH3 is 1. The minimum absolute atomic E-state index is 0.127. The zero-order valence-corrected chi connectivity index (χ0v) is 15.4. The molecule has 0 spiro atoms. The Balaban J connectivity index is 1.75. The van der Waals surface area contributed by atoms with Crippen LogP contribution in [0.4, 0.5) is 5.69 Å². The lowest BCUT2D eigenvalue weighted by Crippen LogP contribution is -2.14. The number of anilines is 1. The van der Waals surface area contributed by atoms with E-state index < -0.39 is 0 Å². The van der Waals surface area contributed by atoms with Gasteiger partial charge >= 0.3 is 0 Å². The van der Waals surface area contributed by atoms with Gasteiger partial charge in [0.2, 0.25) is 5.91 Å². The van der Waals surface area contributed by atoms with Crippen LogP contribution in [0.3, 0.4) is 0 Å². The van der Waals surface area contributed by atoms with E-state index in [9.17, 15) is 4.79 Å². The van der Waals surface area contributed by atoms with Gasteiger partial charge in [0, 0.05) is 5.39 Å². The number of carbonyl (C=O) groups is 1. The first-order valence-corrected chi connectivity index (χ1v) is 9.06. The molecule has 1 amide bonds. The first-order valence-electron chi connectivity index (χ1n) is 7.70. The summed E-state index contributed by atoms with van der Waals surface area (Å²) in [5, 5.41) is 5.16. The van der Waals surface area contributed by atoms with Crippen molar-refractivity contribution in [2.24, 2.45) is 0 Å². The van der Waals surface area contributed by atoms with E-state index in [0.29, 0.717) is 10.7 Å². The number of amides is 1. The summed E-state index contributed by atoms with van der Waals surface area (Å²) in [6.45, 7) is 2.03. The fourth-order valence-corrected chi connectivity index (χ4v) is 3.44. The Bertz CT molecular complexity index is 930. The van der Waals surface area contributed by atoms with Gasteiger partial charge in [-0.05, 0) is 36.8 Å². The molecule has 1 N–H and O–H groups in total. The number of hydrogen-bond donors (Lipinski definition) is 1. The lowest BCUT2D eigenvalue weighted by atomic mass is 10.1. The predicted molar refractivity (Wildman–Crippen MR) is 104 cm³/mol. The number of ether oxygens (including phenoxy) is 1. The van der Waals surface area contributed by atoms with E-state index in [4.69, 9.17) is 16.3 Å². The van der Waals surface area contributed by atoms with Gasteiger partial charge in [0.1, 0.15) is 11.3 Å². The van der Waals surface area contributed by atoms with Crippen molar-refractivity contribution >= 4 is 45.9 Å². The van der Waals surface area contributed by atoms with Gasteiger partial charge in [-0.1, -0.05) is 47.6 Å². The molecule has 3 rings (SSSR count). The molecule has 3 aromatic rings. The minimum atomic E-state index is -0.127. The SMILES string of the molecule is COc1cccc2c(C)cc(SCC(=O)Nc3ccccc3Cl)nc12. The zero-order valence-electron chi connectivity index (χ0n) is 13.9. The number of aromatic nitrogens is 1. The highest BCUT2D eigenvalue weighted by atomic mass is 35.5. The van der Waals surface area contributed by atoms with Crippen molar-refractivity contribution in [2.75, 3.05) is 18.2 Å². The van der Waals surface area contributed by atoms with Crippen molar-refractivity contribution in [3.63, 3.8) is 0 Å². The molecular weight excluding hydrogens is 356 g/mol. The number of benzene rings is 2. The monoisotopic (exact) mass is 372 g/mol. The molecule has 128 valence electrons. The highest BCUT2D eigenvalue weighted by Crippen LogP contribution is 2.29. The van der Waals surface area contributed by atoms with Crippen LogP contribution in [0.1, 0.15) is 5.56 Å². The predicted octanol–water partition coefficient (Wildman–Crippen LogP) is 4.94. The Morgan fingerprint density at radius 3 is 2.80 bits per heavy atom. The topological polar surface area (TPSA) is 51.2 Å². The third kappa shape index (κ3) is 4.06. The first kappa shape index (κ1) is 17.6. The number of carbonyl (C=O) groups excluding carboxylic acids is 1. The number of nitrogens with one attached hydrogen (secondary N) is 1. The average Bonchev–Trinajstić information content (AvgIpc) is 2.61. The Labute approximate surface area is 155 Å². The summed E-state index contributed by atoms with van der Waals surface area (Å²) in [4.78, 5) is 16.8. The Morgan fingerprint density at radius 1 is 1.24 bits per heavy atom. The lowest BCUT2D eigenvalue weighted by molar-refractivity contribution is -0.113. The van der Waals surface area contributed by atoms with Crippen molar-refractivity contribution in [3.05, 3.63) is 59.1 Å². The molecule has 25 heavy (non-hydrogen) atoms. The van der Waals surface area contributed by atoms with Crippen LogP contribution in [0.2, 0.25) is 5.02 Å². The van der Waals surface area contributed by atoms with Gasteiger partial charge in [0.05, 0.1) is 28.6 Å². The molecule has 0 aliphatic rings. The smallest absolute Gasteiger partial charge is 0.234 e. The van der Waals surface area contributed by atoms with Crippen LogP contribution in [0.25, 0.3) is 10.9 Å². The zero-order chi connectivity index (χ0) is 17.8. The molecule has 0 saturated carbocycles. The molecule has 0 aliphatic heterocycles. The van der Waals surface area contributed by atoms with Crippen molar-refractivity contribution in [1.29, 1.82) is 0 Å². The number of fused-ring (bicyclic) bond motifs is 1. The van der Waals surface area contributed by atoms with Gasteiger partial charge in [-0.25, -0.2) is 4.98 Å². The summed E-state index contributed by atoms with van der Waals surface area (Å²) in [7, 11) is 1.63. The highest BCUT2D eigenvalue weighted by Gasteiger charge is 2.10. The number of halogens is 1. The van der Waals surface area contributed by atoms with E-state index in [0.717, 1.165) is 27.2 Å². The van der Waals surface area contributed by atoms with E-state index in [1.165, 1.54) is 11.8 Å². The summed E-state index contributed by atoms with van der Waals surface area (Å²) in [5.41, 5.74) is 2.51. The molecule has 4 nitrogen and oxygen atoms in total. The van der Waals surface area contributed by atoms with Gasteiger partial charge < -0.3 is 10.1 Å². The Morgan fingerprint density at radius 2 is 2.04 bits per heavy atom. The van der Waals surface area contributed by atoms with Crippen LogP contribution < -0.4 is 10.1 Å². The van der Waals surface area contributed by atoms with E-state index >= 15 is 0 Å². The Kier molecular flexibility index (Phi) is 5.46. The molecule has 1 heterocycles. The average molecular weight is 373 g/mol. The molecule has 0 atom stereocenters. The van der Waals surface area contributed by atoms with Crippen LogP contribution in [-0.2, 0) is 4.79 Å². The van der Waals surface area contributed by atoms with Crippen LogP contribution in [0.15, 0.2) is 53.6 Å². The number of rotatable bonds is 5. The molecule has 0 unspecified atom stereocenters. The molecule has 2 aromatic carbocycles. The maximum atomic E-state index is 12.2. The second kappa shape index (κ2) is 7.76. The molecule has 6 heteroatoms. The Hall–Kier alpha value is -2.24. The van der Waals surface area contributed by atoms with Crippen LogP contribution >= 0.6 is 23.4 Å². The van der Waals surface area contributed by atoms with Crippen molar-refractivity contribution < 1.29 is 9.53 Å². The van der Waals surface area contributed by atoms with Gasteiger partial charge in [-0.2, -0.15) is 0 Å². The molecule has 1 aromatic heterocycles. The van der Waals surface area contributed by atoms with E-state index in [-0.39, 0.29) is 11.7 Å². The fraction of sp³-hybridized carbons (Fsp3) is 0.158. The molecular formula is C19H17ClN2O2S. The summed E-state index contributed by atoms with van der Waals surface area (Å²) < 4.78 is 5.39. The second-order valence-electron chi connectivity index (χ2n) is 5.45. The molecule has 0 fully saturated rings. The number of aryl methyl sites for hydroxylation is 1. The normalized spacial score (nSPS) is 10.7. The highest BCUT2D eigenvalue weighted by molar-refractivity contribution is 7.99. The molecule has 0 aliphatic carbocycles. The van der Waals surface area contributed by atoms with Crippen molar-refractivity contribution in [1.82, 2.24) is 4.98 Å². The van der Waals surface area contributed by atoms with Gasteiger partial charge in [-0.15, -0.1) is 0 Å². The summed E-state index contributed by atoms with van der Waals surface area (Å²) in [5.74, 6) is 0.847. The van der Waals surface area contributed by atoms with Gasteiger partial charge in [0.15, 0.2) is 0 Å². The fourth-order valence-electron chi connectivity index (χ4n) is 2.49. The second-order valence-corrected chi connectivity index (χ2v) is 6.85. The number of pyridine rings is 1. The lowest BCUT2D eigenvalue weighted by Gasteiger charge is -2.10. The van der Waals surface area contributed by atoms with E-state index in [2.05, 4.69) is 10.3 Å². The van der Waals surface area contributed by atoms with Crippen molar-refractivity contribution in [3.8, 4) is 5.75 Å². The largest absolute Gasteiger partial charge is 0.494 e. The van der Waals surface area contributed by atoms with Crippen LogP contribution in [0, 0.1) is 6.92 Å². The first-order chi connectivity index (χ1) is 12.1. The number of hydrogen-bond acceptors (Lipinski definition) is 4. The summed E-state index contributed by atoms with van der Waals surface area (Å²) in [6.07, 6.45) is 0. The van der Waals surface area contributed by atoms with Crippen LogP contribution in [-0.4, -0.2) is 23.8 Å². The minimum Gasteiger partial charge on any atom is -0.494 e. The summed E-state index contributed by atoms with van der Waals surface area (Å²) in [6, 6.07) is 15.0. The number of thioether (sulfide) groups is 1. The third-order valence-corrected chi connectivity index (χ3v) is 4.95. The van der Waals surface area contributed by atoms with E-state index in [1.807, 2.05) is 43.3 Å². The molecule has 0 saturated heterocycles. The number of para-hydroxylation sites is 2. The maximum Gasteiger partial charge on any atom is 0.234 e. The summed E-state index contributed by atoms with van der Waals surface area (Å²) >= 11 is 7.44. The molecule has 0 radical (unpaired) electrons. The third-order valence-electron chi connectivity index (χ3n) is 3.70. The molecule has 0 bridgehead atoms. The number of nitrogens with zero attached hydrogens (tertiary/aromatic N) is 1. The standard InChI is InChI=1S/C19H17ClN2O2S/c1-12-10-18(22-19-13(12)6-5-9-16(19)24-2)25-11-17(23)21-15-8-4-3-7-14(15)20/h3-10H,11H2,1-2H3,(H,21,23).